The van der Waals surface area contributed by atoms with E-state index in [-0.39, 0.29) is 5.82 Å². The summed E-state index contributed by atoms with van der Waals surface area (Å²) in [5.41, 5.74) is 1.53. The fourth-order valence-electron chi connectivity index (χ4n) is 1.45. The molecule has 0 aliphatic rings. The highest BCUT2D eigenvalue weighted by atomic mass is 35.5. The number of hydrogen-bond donors (Lipinski definition) is 1. The Balaban J connectivity index is 2.05. The van der Waals surface area contributed by atoms with Crippen LogP contribution in [0.2, 0.25) is 5.02 Å². The van der Waals surface area contributed by atoms with E-state index in [1.807, 2.05) is 24.3 Å². The molecule has 82 valence electrons. The van der Waals surface area contributed by atoms with Crippen molar-refractivity contribution in [1.82, 2.24) is 0 Å². The first kappa shape index (κ1) is 11.0. The maximum absolute atomic E-state index is 13.3. The number of benzene rings is 2. The predicted molar refractivity (Wildman–Crippen MR) is 65.2 cm³/mol. The minimum absolute atomic E-state index is 0.246. The molecule has 3 heteroatoms. The van der Waals surface area contributed by atoms with Gasteiger partial charge in [0.25, 0.3) is 0 Å². The zero-order valence-corrected chi connectivity index (χ0v) is 9.34. The quantitative estimate of drug-likeness (QED) is 0.845. The lowest BCUT2D eigenvalue weighted by Gasteiger charge is -2.07. The molecule has 0 amide bonds. The van der Waals surface area contributed by atoms with Crippen molar-refractivity contribution in [1.29, 1.82) is 0 Å². The van der Waals surface area contributed by atoms with Crippen LogP contribution in [0.1, 0.15) is 5.56 Å². The highest BCUT2D eigenvalue weighted by Gasteiger charge is 1.99. The van der Waals surface area contributed by atoms with Gasteiger partial charge >= 0.3 is 0 Å². The van der Waals surface area contributed by atoms with Crippen LogP contribution in [0.25, 0.3) is 0 Å². The van der Waals surface area contributed by atoms with Gasteiger partial charge in [0, 0.05) is 11.6 Å². The molecule has 2 aromatic carbocycles. The van der Waals surface area contributed by atoms with E-state index in [0.717, 1.165) is 5.56 Å². The van der Waals surface area contributed by atoms with Gasteiger partial charge in [0.15, 0.2) is 0 Å². The largest absolute Gasteiger partial charge is 0.379 e. The highest BCUT2D eigenvalue weighted by Crippen LogP contribution is 2.15. The Morgan fingerprint density at radius 2 is 1.88 bits per heavy atom. The molecule has 0 fully saturated rings. The topological polar surface area (TPSA) is 12.0 Å². The molecule has 2 aromatic rings. The number of nitrogens with one attached hydrogen (secondary N) is 1. The summed E-state index contributed by atoms with van der Waals surface area (Å²) in [7, 11) is 0. The van der Waals surface area contributed by atoms with Gasteiger partial charge < -0.3 is 5.32 Å². The Morgan fingerprint density at radius 3 is 2.62 bits per heavy atom. The molecule has 0 atom stereocenters. The summed E-state index contributed by atoms with van der Waals surface area (Å²) in [4.78, 5) is 0. The lowest BCUT2D eigenvalue weighted by atomic mass is 10.2. The first-order valence-electron chi connectivity index (χ1n) is 4.98. The zero-order valence-electron chi connectivity index (χ0n) is 8.58. The molecule has 0 spiro atoms. The number of anilines is 1. The summed E-state index contributed by atoms with van der Waals surface area (Å²) >= 11 is 5.86. The van der Waals surface area contributed by atoms with Crippen LogP contribution in [0, 0.1) is 5.82 Å². The van der Waals surface area contributed by atoms with Gasteiger partial charge in [-0.15, -0.1) is 0 Å². The van der Waals surface area contributed by atoms with Crippen LogP contribution in [0.4, 0.5) is 10.1 Å². The summed E-state index contributed by atoms with van der Waals surface area (Å²) in [5, 5.41) is 3.71. The monoisotopic (exact) mass is 235 g/mol. The average molecular weight is 236 g/mol. The molecule has 0 heterocycles. The summed E-state index contributed by atoms with van der Waals surface area (Å²) in [5.74, 6) is -0.246. The fraction of sp³-hybridized carbons (Fsp3) is 0.0769. The van der Waals surface area contributed by atoms with Gasteiger partial charge in [-0.05, 0) is 29.8 Å². The van der Waals surface area contributed by atoms with Gasteiger partial charge in [-0.2, -0.15) is 0 Å². The molecule has 0 radical (unpaired) electrons. The maximum atomic E-state index is 13.3. The Bertz CT molecular complexity index is 485. The Kier molecular flexibility index (Phi) is 3.42. The van der Waals surface area contributed by atoms with Crippen LogP contribution >= 0.6 is 11.6 Å². The molecule has 0 saturated heterocycles. The molecule has 0 aliphatic carbocycles. The van der Waals surface area contributed by atoms with E-state index in [9.17, 15) is 4.39 Å². The normalized spacial score (nSPS) is 10.1. The van der Waals surface area contributed by atoms with Crippen molar-refractivity contribution in [2.75, 3.05) is 5.32 Å². The highest BCUT2D eigenvalue weighted by molar-refractivity contribution is 6.30. The molecule has 0 aliphatic heterocycles. The first-order valence-corrected chi connectivity index (χ1v) is 5.36. The van der Waals surface area contributed by atoms with E-state index in [0.29, 0.717) is 17.3 Å². The van der Waals surface area contributed by atoms with E-state index < -0.39 is 0 Å². The standard InChI is InChI=1S/C13H11ClFN/c14-11-5-3-4-10(8-11)9-16-13-7-2-1-6-12(13)15/h1-8,16H,9H2. The van der Waals surface area contributed by atoms with Gasteiger partial charge in [0.1, 0.15) is 5.82 Å². The molecule has 1 nitrogen and oxygen atoms in total. The van der Waals surface area contributed by atoms with Crippen LogP contribution in [0.5, 0.6) is 0 Å². The van der Waals surface area contributed by atoms with Gasteiger partial charge in [-0.25, -0.2) is 4.39 Å². The van der Waals surface area contributed by atoms with E-state index in [1.54, 1.807) is 18.2 Å². The van der Waals surface area contributed by atoms with Gasteiger partial charge in [0.2, 0.25) is 0 Å². The third-order valence-electron chi connectivity index (χ3n) is 2.25. The second-order valence-corrected chi connectivity index (χ2v) is 3.90. The van der Waals surface area contributed by atoms with Crippen molar-refractivity contribution < 1.29 is 4.39 Å². The fourth-order valence-corrected chi connectivity index (χ4v) is 1.66. The predicted octanol–water partition coefficient (Wildman–Crippen LogP) is 4.09. The molecule has 0 aromatic heterocycles. The zero-order chi connectivity index (χ0) is 11.4. The van der Waals surface area contributed by atoms with Crippen LogP contribution in [-0.2, 0) is 6.54 Å². The van der Waals surface area contributed by atoms with Crippen LogP contribution < -0.4 is 5.32 Å². The molecule has 2 rings (SSSR count). The third kappa shape index (κ3) is 2.74. The SMILES string of the molecule is Fc1ccccc1NCc1cccc(Cl)c1. The first-order chi connectivity index (χ1) is 7.75. The molecular formula is C13H11ClFN. The molecule has 16 heavy (non-hydrogen) atoms. The Hall–Kier alpha value is -1.54. The summed E-state index contributed by atoms with van der Waals surface area (Å²) < 4.78 is 13.3. The van der Waals surface area contributed by atoms with Crippen molar-refractivity contribution in [3.8, 4) is 0 Å². The average Bonchev–Trinajstić information content (AvgIpc) is 2.28. The smallest absolute Gasteiger partial charge is 0.146 e. The molecule has 1 N–H and O–H groups in total. The number of halogens is 2. The van der Waals surface area contributed by atoms with E-state index in [1.165, 1.54) is 6.07 Å². The number of rotatable bonds is 3. The van der Waals surface area contributed by atoms with Crippen molar-refractivity contribution in [3.63, 3.8) is 0 Å². The molecule has 0 unspecified atom stereocenters. The number of para-hydroxylation sites is 1. The Morgan fingerprint density at radius 1 is 1.06 bits per heavy atom. The molecule has 0 bridgehead atoms. The lowest BCUT2D eigenvalue weighted by molar-refractivity contribution is 0.630. The van der Waals surface area contributed by atoms with Crippen LogP contribution in [-0.4, -0.2) is 0 Å². The van der Waals surface area contributed by atoms with Crippen LogP contribution in [0.15, 0.2) is 48.5 Å². The van der Waals surface area contributed by atoms with Crippen molar-refractivity contribution in [2.24, 2.45) is 0 Å². The maximum Gasteiger partial charge on any atom is 0.146 e. The molecule has 0 saturated carbocycles. The molecular weight excluding hydrogens is 225 g/mol. The minimum atomic E-state index is -0.246. The van der Waals surface area contributed by atoms with Crippen molar-refractivity contribution in [3.05, 3.63) is 64.9 Å². The second-order valence-electron chi connectivity index (χ2n) is 3.46. The minimum Gasteiger partial charge on any atom is -0.379 e. The van der Waals surface area contributed by atoms with E-state index in [4.69, 9.17) is 11.6 Å². The van der Waals surface area contributed by atoms with Crippen molar-refractivity contribution in [2.45, 2.75) is 6.54 Å². The Labute approximate surface area is 98.9 Å². The van der Waals surface area contributed by atoms with Gasteiger partial charge in [0.05, 0.1) is 5.69 Å². The van der Waals surface area contributed by atoms with Gasteiger partial charge in [-0.1, -0.05) is 35.9 Å². The summed E-state index contributed by atoms with van der Waals surface area (Å²) in [6, 6.07) is 14.1. The van der Waals surface area contributed by atoms with Crippen LogP contribution in [0.3, 0.4) is 0 Å². The lowest BCUT2D eigenvalue weighted by Crippen LogP contribution is -2.00. The summed E-state index contributed by atoms with van der Waals surface area (Å²) in [6.07, 6.45) is 0. The number of hydrogen-bond acceptors (Lipinski definition) is 1. The second kappa shape index (κ2) is 4.99. The van der Waals surface area contributed by atoms with E-state index in [2.05, 4.69) is 5.32 Å². The summed E-state index contributed by atoms with van der Waals surface area (Å²) in [6.45, 7) is 0.557. The van der Waals surface area contributed by atoms with E-state index >= 15 is 0 Å². The van der Waals surface area contributed by atoms with Gasteiger partial charge in [-0.3, -0.25) is 0 Å². The third-order valence-corrected chi connectivity index (χ3v) is 2.48. The van der Waals surface area contributed by atoms with Crippen molar-refractivity contribution >= 4 is 17.3 Å².